The van der Waals surface area contributed by atoms with Crippen LogP contribution >= 0.6 is 7.60 Å². The van der Waals surface area contributed by atoms with Gasteiger partial charge in [0.25, 0.3) is 0 Å². The van der Waals surface area contributed by atoms with E-state index < -0.39 is 19.8 Å². The minimum Gasteiger partial charge on any atom is -0.546 e. The molecule has 0 aromatic carbocycles. The SMILES string of the molecule is CC(C)CP(=O)(O)OCC1O[CH-]CC1O.[Y]. The van der Waals surface area contributed by atoms with Crippen LogP contribution in [0.2, 0.25) is 0 Å². The van der Waals surface area contributed by atoms with Crippen LogP contribution in [0.5, 0.6) is 0 Å². The fourth-order valence-electron chi connectivity index (χ4n) is 1.37. The van der Waals surface area contributed by atoms with Crippen molar-refractivity contribution in [2.45, 2.75) is 32.5 Å². The zero-order valence-corrected chi connectivity index (χ0v) is 13.3. The van der Waals surface area contributed by atoms with Gasteiger partial charge in [-0.3, -0.25) is 4.57 Å². The Morgan fingerprint density at radius 1 is 1.62 bits per heavy atom. The molecule has 1 rings (SSSR count). The molecule has 1 aliphatic heterocycles. The standard InChI is InChI=1S/C9H18O5P.Y/c1-7(2)6-15(11,12)14-5-9-8(10)3-4-13-9;/h4,7-10H,3,5-6H2,1-2H3,(H,11,12);/q-1;. The van der Waals surface area contributed by atoms with Crippen LogP contribution in [0.1, 0.15) is 20.3 Å². The normalized spacial score (nSPS) is 28.8. The molecular weight excluding hydrogens is 308 g/mol. The number of ether oxygens (including phenoxy) is 1. The van der Waals surface area contributed by atoms with Crippen molar-refractivity contribution >= 4 is 7.60 Å². The number of rotatable bonds is 5. The summed E-state index contributed by atoms with van der Waals surface area (Å²) in [6, 6.07) is 0. The van der Waals surface area contributed by atoms with E-state index in [9.17, 15) is 14.6 Å². The van der Waals surface area contributed by atoms with Crippen molar-refractivity contribution < 1.29 is 56.5 Å². The molecule has 93 valence electrons. The van der Waals surface area contributed by atoms with E-state index >= 15 is 0 Å². The summed E-state index contributed by atoms with van der Waals surface area (Å²) in [6.07, 6.45) is -0.588. The van der Waals surface area contributed by atoms with Gasteiger partial charge >= 0.3 is 7.60 Å². The molecular formula is C9H18O5PY-. The summed E-state index contributed by atoms with van der Waals surface area (Å²) in [7, 11) is -3.53. The zero-order chi connectivity index (χ0) is 11.5. The first kappa shape index (κ1) is 17.2. The van der Waals surface area contributed by atoms with Crippen molar-refractivity contribution in [1.82, 2.24) is 0 Å². The Balaban J connectivity index is 0.00000225. The number of aliphatic hydroxyl groups is 1. The van der Waals surface area contributed by atoms with Crippen LogP contribution in [-0.2, 0) is 46.5 Å². The van der Waals surface area contributed by atoms with E-state index in [-0.39, 0.29) is 51.4 Å². The topological polar surface area (TPSA) is 76.0 Å². The Bertz CT molecular complexity index is 248. The molecule has 1 saturated heterocycles. The monoisotopic (exact) mass is 326 g/mol. The summed E-state index contributed by atoms with van der Waals surface area (Å²) >= 11 is 0. The van der Waals surface area contributed by atoms with Gasteiger partial charge in [0.05, 0.1) is 25.0 Å². The molecule has 0 spiro atoms. The Hall–Kier alpha value is 1.17. The molecule has 16 heavy (non-hydrogen) atoms. The van der Waals surface area contributed by atoms with Crippen LogP contribution in [-0.4, -0.2) is 35.0 Å². The van der Waals surface area contributed by atoms with E-state index in [4.69, 9.17) is 9.26 Å². The van der Waals surface area contributed by atoms with Gasteiger partial charge in [0.1, 0.15) is 0 Å². The van der Waals surface area contributed by atoms with Crippen LogP contribution in [0.3, 0.4) is 0 Å². The van der Waals surface area contributed by atoms with Gasteiger partial charge in [-0.2, -0.15) is 0 Å². The van der Waals surface area contributed by atoms with Gasteiger partial charge in [-0.1, -0.05) is 13.8 Å². The fourth-order valence-corrected chi connectivity index (χ4v) is 2.78. The second-order valence-corrected chi connectivity index (χ2v) is 6.05. The third-order valence-corrected chi connectivity index (χ3v) is 3.82. The second kappa shape index (κ2) is 7.57. The average molecular weight is 326 g/mol. The van der Waals surface area contributed by atoms with Crippen LogP contribution in [0, 0.1) is 12.5 Å². The Kier molecular flexibility index (Phi) is 8.13. The third kappa shape index (κ3) is 6.20. The first-order valence-corrected chi connectivity index (χ1v) is 6.78. The largest absolute Gasteiger partial charge is 0.546 e. The summed E-state index contributed by atoms with van der Waals surface area (Å²) < 4.78 is 21.4. The van der Waals surface area contributed by atoms with E-state index in [0.29, 0.717) is 6.42 Å². The van der Waals surface area contributed by atoms with Crippen molar-refractivity contribution in [3.05, 3.63) is 6.61 Å². The van der Waals surface area contributed by atoms with Crippen molar-refractivity contribution in [2.75, 3.05) is 12.8 Å². The molecule has 1 fully saturated rings. The van der Waals surface area contributed by atoms with Gasteiger partial charge in [-0.15, -0.1) is 6.42 Å². The maximum absolute atomic E-state index is 11.5. The molecule has 0 saturated carbocycles. The predicted octanol–water partition coefficient (Wildman–Crippen LogP) is 1.15. The summed E-state index contributed by atoms with van der Waals surface area (Å²) in [5, 5.41) is 9.36. The van der Waals surface area contributed by atoms with Gasteiger partial charge in [-0.25, -0.2) is 6.61 Å². The molecule has 0 amide bonds. The average Bonchev–Trinajstić information content (AvgIpc) is 2.45. The molecule has 0 aliphatic carbocycles. The maximum atomic E-state index is 11.5. The molecule has 0 bridgehead atoms. The van der Waals surface area contributed by atoms with Crippen molar-refractivity contribution in [3.63, 3.8) is 0 Å². The number of hydrogen-bond donors (Lipinski definition) is 2. The molecule has 1 radical (unpaired) electrons. The number of hydrogen-bond acceptors (Lipinski definition) is 4. The van der Waals surface area contributed by atoms with Crippen LogP contribution in [0.25, 0.3) is 0 Å². The van der Waals surface area contributed by atoms with Crippen molar-refractivity contribution in [1.29, 1.82) is 0 Å². The summed E-state index contributed by atoms with van der Waals surface area (Å²) in [5.41, 5.74) is 0. The molecule has 5 nitrogen and oxygen atoms in total. The van der Waals surface area contributed by atoms with Crippen LogP contribution in [0.15, 0.2) is 0 Å². The van der Waals surface area contributed by atoms with Crippen molar-refractivity contribution in [3.8, 4) is 0 Å². The third-order valence-electron chi connectivity index (χ3n) is 2.07. The molecule has 1 heterocycles. The molecule has 3 atom stereocenters. The smallest absolute Gasteiger partial charge is 0.328 e. The molecule has 3 unspecified atom stereocenters. The first-order valence-electron chi connectivity index (χ1n) is 5.02. The van der Waals surface area contributed by atoms with Crippen molar-refractivity contribution in [2.24, 2.45) is 5.92 Å². The molecule has 2 N–H and O–H groups in total. The van der Waals surface area contributed by atoms with Gasteiger partial charge < -0.3 is 19.3 Å². The van der Waals surface area contributed by atoms with Gasteiger partial charge in [-0.05, 0) is 5.92 Å². The summed E-state index contributed by atoms with van der Waals surface area (Å²) in [4.78, 5) is 9.42. The summed E-state index contributed by atoms with van der Waals surface area (Å²) in [5.74, 6) is 0.0989. The Labute approximate surface area is 121 Å². The quantitative estimate of drug-likeness (QED) is 0.586. The van der Waals surface area contributed by atoms with E-state index in [1.807, 2.05) is 13.8 Å². The van der Waals surface area contributed by atoms with E-state index in [1.54, 1.807) is 0 Å². The maximum Gasteiger partial charge on any atom is 0.328 e. The second-order valence-electron chi connectivity index (χ2n) is 4.15. The van der Waals surface area contributed by atoms with Gasteiger partial charge in [0.15, 0.2) is 0 Å². The first-order chi connectivity index (χ1) is 6.91. The fraction of sp³-hybridized carbons (Fsp3) is 0.889. The summed E-state index contributed by atoms with van der Waals surface area (Å²) in [6.45, 7) is 5.14. The number of aliphatic hydroxyl groups excluding tert-OH is 1. The minimum absolute atomic E-state index is 0. The van der Waals surface area contributed by atoms with Gasteiger partial charge in [0, 0.05) is 32.7 Å². The molecule has 1 aliphatic rings. The van der Waals surface area contributed by atoms with Gasteiger partial charge in [0.2, 0.25) is 0 Å². The van der Waals surface area contributed by atoms with Crippen LogP contribution < -0.4 is 0 Å². The molecule has 0 aromatic rings. The van der Waals surface area contributed by atoms with E-state index in [2.05, 4.69) is 0 Å². The Morgan fingerprint density at radius 2 is 2.25 bits per heavy atom. The predicted molar refractivity (Wildman–Crippen MR) is 55.3 cm³/mol. The Morgan fingerprint density at radius 3 is 2.69 bits per heavy atom. The minimum atomic E-state index is -3.53. The van der Waals surface area contributed by atoms with E-state index in [1.165, 1.54) is 6.61 Å². The van der Waals surface area contributed by atoms with E-state index in [0.717, 1.165) is 0 Å². The van der Waals surface area contributed by atoms with Crippen LogP contribution in [0.4, 0.5) is 0 Å². The molecule has 7 heteroatoms. The zero-order valence-electron chi connectivity index (χ0n) is 9.57. The molecule has 0 aromatic heterocycles.